The topological polar surface area (TPSA) is 9.23 Å². The average Bonchev–Trinajstić information content (AvgIpc) is 2.80. The van der Waals surface area contributed by atoms with E-state index in [0.29, 0.717) is 12.1 Å². The first-order chi connectivity index (χ1) is 16.7. The van der Waals surface area contributed by atoms with E-state index in [0.717, 1.165) is 42.5 Å². The van der Waals surface area contributed by atoms with Crippen LogP contribution in [0, 0.1) is 40.7 Å². The number of ether oxygens (including phenoxy) is 1. The molecule has 0 bridgehead atoms. The van der Waals surface area contributed by atoms with E-state index in [4.69, 9.17) is 4.74 Å². The zero-order valence-corrected chi connectivity index (χ0v) is 17.8. The summed E-state index contributed by atoms with van der Waals surface area (Å²) >= 11 is 0. The number of hydrogen-bond acceptors (Lipinski definition) is 1. The van der Waals surface area contributed by atoms with Gasteiger partial charge in [0.05, 0.1) is 12.7 Å². The third kappa shape index (κ3) is 3.65. The van der Waals surface area contributed by atoms with Crippen LogP contribution in [-0.4, -0.2) is 7.11 Å². The summed E-state index contributed by atoms with van der Waals surface area (Å²) in [6.07, 6.45) is 0. The Morgan fingerprint density at radius 3 is 1.60 bits per heavy atom. The Labute approximate surface area is 194 Å². The highest BCUT2D eigenvalue weighted by atomic mass is 19.2. The maximum Gasteiger partial charge on any atom is 0.159 e. The van der Waals surface area contributed by atoms with Crippen molar-refractivity contribution >= 4 is 21.5 Å². The predicted molar refractivity (Wildman–Crippen MR) is 119 cm³/mol. The summed E-state index contributed by atoms with van der Waals surface area (Å²) in [7, 11) is 1.21. The Kier molecular flexibility index (Phi) is 5.39. The molecule has 35 heavy (non-hydrogen) atoms. The Bertz CT molecular complexity index is 1640. The van der Waals surface area contributed by atoms with E-state index in [9.17, 15) is 22.0 Å². The minimum Gasteiger partial charge on any atom is -0.497 e. The molecule has 5 rings (SSSR count). The Hall–Kier alpha value is -4.07. The predicted octanol–water partition coefficient (Wildman–Crippen LogP) is 8.31. The molecular weight excluding hydrogens is 473 g/mol. The molecule has 0 atom stereocenters. The quantitative estimate of drug-likeness (QED) is 0.184. The summed E-state index contributed by atoms with van der Waals surface area (Å²) < 4.78 is 107. The van der Waals surface area contributed by atoms with Crippen LogP contribution in [-0.2, 0) is 0 Å². The van der Waals surface area contributed by atoms with Crippen molar-refractivity contribution in [3.63, 3.8) is 0 Å². The maximum atomic E-state index is 15.2. The molecule has 0 fully saturated rings. The normalized spacial score (nSPS) is 11.4. The van der Waals surface area contributed by atoms with Crippen molar-refractivity contribution in [2.24, 2.45) is 0 Å². The molecule has 0 aromatic heterocycles. The molecule has 0 aliphatic heterocycles. The first kappa shape index (κ1) is 22.7. The zero-order valence-electron chi connectivity index (χ0n) is 17.8. The third-order valence-electron chi connectivity index (χ3n) is 5.82. The molecule has 1 nitrogen and oxygen atoms in total. The monoisotopic (exact) mass is 486 g/mol. The van der Waals surface area contributed by atoms with Gasteiger partial charge in [-0.1, -0.05) is 6.07 Å². The second kappa shape index (κ2) is 8.30. The van der Waals surface area contributed by atoms with E-state index in [1.807, 2.05) is 0 Å². The molecule has 0 aliphatic carbocycles. The summed E-state index contributed by atoms with van der Waals surface area (Å²) in [6, 6.07) is 9.13. The third-order valence-corrected chi connectivity index (χ3v) is 5.82. The lowest BCUT2D eigenvalue weighted by Crippen LogP contribution is -1.99. The molecule has 0 saturated carbocycles. The van der Waals surface area contributed by atoms with Gasteiger partial charge in [-0.15, -0.1) is 0 Å². The number of fused-ring (bicyclic) bond motifs is 2. The number of halogens is 7. The van der Waals surface area contributed by atoms with E-state index in [1.165, 1.54) is 13.2 Å². The molecule has 8 heteroatoms. The molecule has 5 aromatic carbocycles. The molecule has 5 aromatic rings. The van der Waals surface area contributed by atoms with Crippen molar-refractivity contribution in [3.8, 4) is 28.0 Å². The first-order valence-electron chi connectivity index (χ1n) is 10.2. The van der Waals surface area contributed by atoms with Gasteiger partial charge in [0, 0.05) is 34.9 Å². The maximum absolute atomic E-state index is 15.2. The van der Waals surface area contributed by atoms with E-state index in [2.05, 4.69) is 0 Å². The van der Waals surface area contributed by atoms with Gasteiger partial charge in [-0.3, -0.25) is 0 Å². The van der Waals surface area contributed by atoms with Crippen LogP contribution in [0.3, 0.4) is 0 Å². The minimum absolute atomic E-state index is 0.0236. The van der Waals surface area contributed by atoms with Crippen molar-refractivity contribution in [3.05, 3.63) is 101 Å². The van der Waals surface area contributed by atoms with E-state index in [1.54, 1.807) is 0 Å². The molecule has 0 unspecified atom stereocenters. The zero-order chi connectivity index (χ0) is 25.0. The van der Waals surface area contributed by atoms with Crippen molar-refractivity contribution < 1.29 is 35.5 Å². The van der Waals surface area contributed by atoms with Crippen LogP contribution in [0.5, 0.6) is 5.75 Å². The highest BCUT2D eigenvalue weighted by molar-refractivity contribution is 6.21. The van der Waals surface area contributed by atoms with Crippen LogP contribution in [0.15, 0.2) is 60.7 Å². The molecule has 0 N–H and O–H groups in total. The Morgan fingerprint density at radius 1 is 0.457 bits per heavy atom. The highest BCUT2D eigenvalue weighted by Crippen LogP contribution is 2.46. The van der Waals surface area contributed by atoms with Crippen LogP contribution >= 0.6 is 0 Å². The first-order valence-corrected chi connectivity index (χ1v) is 10.2. The van der Waals surface area contributed by atoms with Crippen LogP contribution < -0.4 is 4.74 Å². The summed E-state index contributed by atoms with van der Waals surface area (Å²) in [4.78, 5) is 0. The van der Waals surface area contributed by atoms with Gasteiger partial charge in [-0.25, -0.2) is 30.7 Å². The van der Waals surface area contributed by atoms with Gasteiger partial charge in [0.1, 0.15) is 34.8 Å². The molecule has 0 aliphatic rings. The molecular formula is C27H13F7O. The summed E-state index contributed by atoms with van der Waals surface area (Å²) in [5.41, 5.74) is -1.12. The summed E-state index contributed by atoms with van der Waals surface area (Å²) in [6.45, 7) is 0. The minimum atomic E-state index is -1.34. The Balaban J connectivity index is 2.06. The highest BCUT2D eigenvalue weighted by Gasteiger charge is 2.25. The van der Waals surface area contributed by atoms with Crippen LogP contribution in [0.1, 0.15) is 0 Å². The second-order valence-electron chi connectivity index (χ2n) is 7.84. The van der Waals surface area contributed by atoms with Gasteiger partial charge >= 0.3 is 0 Å². The fourth-order valence-corrected chi connectivity index (χ4v) is 4.35. The average molecular weight is 486 g/mol. The molecule has 0 saturated heterocycles. The van der Waals surface area contributed by atoms with Crippen molar-refractivity contribution in [2.45, 2.75) is 0 Å². The molecule has 0 heterocycles. The van der Waals surface area contributed by atoms with Gasteiger partial charge in [0.2, 0.25) is 0 Å². The van der Waals surface area contributed by atoms with Crippen LogP contribution in [0.4, 0.5) is 30.7 Å². The smallest absolute Gasteiger partial charge is 0.159 e. The van der Waals surface area contributed by atoms with E-state index >= 15 is 8.78 Å². The number of hydrogen-bond donors (Lipinski definition) is 0. The fraction of sp³-hybridized carbons (Fsp3) is 0.0370. The number of rotatable bonds is 3. The van der Waals surface area contributed by atoms with Crippen molar-refractivity contribution in [2.75, 3.05) is 7.11 Å². The summed E-state index contributed by atoms with van der Waals surface area (Å²) in [5.74, 6) is -7.65. The SMILES string of the molecule is COc1cc(F)c(-c2c3cc(F)ccc3c(-c3ccc(F)cc3F)c3cc(F)c(F)cc23)c(F)c1. The van der Waals surface area contributed by atoms with Gasteiger partial charge in [-0.05, 0) is 57.9 Å². The summed E-state index contributed by atoms with van der Waals surface area (Å²) in [5, 5.41) is -0.327. The van der Waals surface area contributed by atoms with Crippen molar-refractivity contribution in [1.29, 1.82) is 0 Å². The van der Waals surface area contributed by atoms with Gasteiger partial charge in [0.25, 0.3) is 0 Å². The fourth-order valence-electron chi connectivity index (χ4n) is 4.35. The van der Waals surface area contributed by atoms with Crippen molar-refractivity contribution in [1.82, 2.24) is 0 Å². The van der Waals surface area contributed by atoms with E-state index < -0.39 is 46.3 Å². The standard InChI is InChI=1S/C27H13F7O/c1-35-14-8-23(33)27(24(34)9-14)26-17-6-12(28)2-4-15(17)25(16-5-3-13(29)7-20(16)30)18-10-21(31)22(32)11-19(18)26/h2-11H,1H3. The lowest BCUT2D eigenvalue weighted by atomic mass is 9.85. The number of benzene rings is 5. The largest absolute Gasteiger partial charge is 0.497 e. The van der Waals surface area contributed by atoms with E-state index in [-0.39, 0.29) is 44.0 Å². The van der Waals surface area contributed by atoms with Crippen LogP contribution in [0.25, 0.3) is 43.8 Å². The second-order valence-corrected chi connectivity index (χ2v) is 7.84. The van der Waals surface area contributed by atoms with Gasteiger partial charge in [0.15, 0.2) is 11.6 Å². The van der Waals surface area contributed by atoms with Gasteiger partial charge in [-0.2, -0.15) is 0 Å². The van der Waals surface area contributed by atoms with Crippen LogP contribution in [0.2, 0.25) is 0 Å². The molecule has 0 amide bonds. The van der Waals surface area contributed by atoms with Gasteiger partial charge < -0.3 is 4.74 Å². The lowest BCUT2D eigenvalue weighted by molar-refractivity contribution is 0.407. The molecule has 176 valence electrons. The Morgan fingerprint density at radius 2 is 1.00 bits per heavy atom. The lowest BCUT2D eigenvalue weighted by Gasteiger charge is -2.19. The molecule has 0 radical (unpaired) electrons. The molecule has 0 spiro atoms. The number of methoxy groups -OCH3 is 1.